The predicted octanol–water partition coefficient (Wildman–Crippen LogP) is 0.484. The standard InChI is InChI=1S/C13H17FN4O2/c1-18-9-16-17-13(18)7-15-6-11(19)8-20-12-4-2-10(14)3-5-12/h2-5,9,11,15,19H,6-8H2,1H3. The third-order valence-electron chi connectivity index (χ3n) is 2.72. The Kier molecular flexibility index (Phi) is 5.03. The summed E-state index contributed by atoms with van der Waals surface area (Å²) in [5, 5.41) is 20.5. The van der Waals surface area contributed by atoms with Gasteiger partial charge >= 0.3 is 0 Å². The van der Waals surface area contributed by atoms with Gasteiger partial charge in [-0.1, -0.05) is 0 Å². The molecule has 2 N–H and O–H groups in total. The lowest BCUT2D eigenvalue weighted by Crippen LogP contribution is -2.31. The molecule has 1 heterocycles. The number of rotatable bonds is 7. The highest BCUT2D eigenvalue weighted by atomic mass is 19.1. The van der Waals surface area contributed by atoms with Crippen LogP contribution < -0.4 is 10.1 Å². The number of nitrogens with one attached hydrogen (secondary N) is 1. The van der Waals surface area contributed by atoms with Gasteiger partial charge in [-0.25, -0.2) is 4.39 Å². The number of hydrogen-bond acceptors (Lipinski definition) is 5. The van der Waals surface area contributed by atoms with Gasteiger partial charge in [0.15, 0.2) is 0 Å². The van der Waals surface area contributed by atoms with Crippen molar-refractivity contribution in [3.05, 3.63) is 42.2 Å². The fraction of sp³-hybridized carbons (Fsp3) is 0.385. The molecule has 20 heavy (non-hydrogen) atoms. The van der Waals surface area contributed by atoms with Crippen molar-refractivity contribution in [3.63, 3.8) is 0 Å². The summed E-state index contributed by atoms with van der Waals surface area (Å²) in [6.07, 6.45) is 0.957. The molecule has 0 aliphatic carbocycles. The van der Waals surface area contributed by atoms with Crippen LogP contribution in [0.3, 0.4) is 0 Å². The summed E-state index contributed by atoms with van der Waals surface area (Å²) in [7, 11) is 1.85. The van der Waals surface area contributed by atoms with E-state index in [0.29, 0.717) is 18.8 Å². The molecule has 108 valence electrons. The van der Waals surface area contributed by atoms with Gasteiger partial charge in [-0.15, -0.1) is 10.2 Å². The van der Waals surface area contributed by atoms with Gasteiger partial charge in [0.2, 0.25) is 0 Å². The van der Waals surface area contributed by atoms with Crippen molar-refractivity contribution in [1.82, 2.24) is 20.1 Å². The molecule has 0 aliphatic heterocycles. The Morgan fingerprint density at radius 2 is 2.15 bits per heavy atom. The maximum Gasteiger partial charge on any atom is 0.146 e. The maximum atomic E-state index is 12.7. The number of benzene rings is 1. The summed E-state index contributed by atoms with van der Waals surface area (Å²) in [6.45, 7) is 1.02. The second-order valence-electron chi connectivity index (χ2n) is 4.41. The molecular weight excluding hydrogens is 263 g/mol. The van der Waals surface area contributed by atoms with Crippen LogP contribution in [0.25, 0.3) is 0 Å². The average Bonchev–Trinajstić information content (AvgIpc) is 2.84. The molecule has 1 unspecified atom stereocenters. The lowest BCUT2D eigenvalue weighted by atomic mass is 10.3. The van der Waals surface area contributed by atoms with E-state index >= 15 is 0 Å². The van der Waals surface area contributed by atoms with E-state index in [9.17, 15) is 9.50 Å². The lowest BCUT2D eigenvalue weighted by Gasteiger charge is -2.13. The third kappa shape index (κ3) is 4.29. The summed E-state index contributed by atoms with van der Waals surface area (Å²) in [4.78, 5) is 0. The van der Waals surface area contributed by atoms with Crippen LogP contribution in [0.5, 0.6) is 5.75 Å². The fourth-order valence-corrected chi connectivity index (χ4v) is 1.60. The van der Waals surface area contributed by atoms with E-state index in [1.165, 1.54) is 24.3 Å². The molecule has 1 aromatic heterocycles. The molecule has 1 aromatic carbocycles. The van der Waals surface area contributed by atoms with Crippen molar-refractivity contribution < 1.29 is 14.2 Å². The van der Waals surface area contributed by atoms with Crippen LogP contribution in [-0.2, 0) is 13.6 Å². The van der Waals surface area contributed by atoms with Crippen LogP contribution in [0, 0.1) is 5.82 Å². The Morgan fingerprint density at radius 1 is 1.40 bits per heavy atom. The molecule has 0 saturated heterocycles. The van der Waals surface area contributed by atoms with Gasteiger partial charge in [-0.05, 0) is 24.3 Å². The molecule has 0 bridgehead atoms. The molecule has 7 heteroatoms. The lowest BCUT2D eigenvalue weighted by molar-refractivity contribution is 0.106. The second kappa shape index (κ2) is 6.97. The first kappa shape index (κ1) is 14.4. The van der Waals surface area contributed by atoms with Gasteiger partial charge in [0.25, 0.3) is 0 Å². The molecule has 2 rings (SSSR count). The summed E-state index contributed by atoms with van der Waals surface area (Å²) in [5.41, 5.74) is 0. The highest BCUT2D eigenvalue weighted by Gasteiger charge is 2.06. The SMILES string of the molecule is Cn1cnnc1CNCC(O)COc1ccc(F)cc1. The summed E-state index contributed by atoms with van der Waals surface area (Å²) >= 11 is 0. The Bertz CT molecular complexity index is 529. The monoisotopic (exact) mass is 280 g/mol. The molecule has 1 atom stereocenters. The minimum absolute atomic E-state index is 0.136. The maximum absolute atomic E-state index is 12.7. The quantitative estimate of drug-likeness (QED) is 0.772. The van der Waals surface area contributed by atoms with Crippen LogP contribution in [0.1, 0.15) is 5.82 Å². The first-order valence-corrected chi connectivity index (χ1v) is 6.25. The van der Waals surface area contributed by atoms with Gasteiger partial charge in [-0.3, -0.25) is 0 Å². The molecule has 2 aromatic rings. The number of nitrogens with zero attached hydrogens (tertiary/aromatic N) is 3. The van der Waals surface area contributed by atoms with Crippen LogP contribution in [-0.4, -0.2) is 39.1 Å². The number of aliphatic hydroxyl groups excluding tert-OH is 1. The molecule has 6 nitrogen and oxygen atoms in total. The minimum atomic E-state index is -0.659. The van der Waals surface area contributed by atoms with Crippen molar-refractivity contribution in [1.29, 1.82) is 0 Å². The normalized spacial score (nSPS) is 12.3. The minimum Gasteiger partial charge on any atom is -0.491 e. The largest absolute Gasteiger partial charge is 0.491 e. The van der Waals surface area contributed by atoms with Crippen molar-refractivity contribution in [3.8, 4) is 5.75 Å². The zero-order valence-corrected chi connectivity index (χ0v) is 11.2. The fourth-order valence-electron chi connectivity index (χ4n) is 1.60. The molecule has 0 saturated carbocycles. The van der Waals surface area contributed by atoms with E-state index in [0.717, 1.165) is 5.82 Å². The van der Waals surface area contributed by atoms with Crippen LogP contribution >= 0.6 is 0 Å². The van der Waals surface area contributed by atoms with Gasteiger partial charge in [0.1, 0.15) is 36.4 Å². The number of aryl methyl sites for hydroxylation is 1. The van der Waals surface area contributed by atoms with E-state index in [-0.39, 0.29) is 12.4 Å². The van der Waals surface area contributed by atoms with E-state index < -0.39 is 6.10 Å². The Hall–Kier alpha value is -1.99. The van der Waals surface area contributed by atoms with Gasteiger partial charge < -0.3 is 19.7 Å². The Morgan fingerprint density at radius 3 is 2.80 bits per heavy atom. The number of ether oxygens (including phenoxy) is 1. The van der Waals surface area contributed by atoms with Crippen molar-refractivity contribution in [2.75, 3.05) is 13.2 Å². The van der Waals surface area contributed by atoms with Crippen molar-refractivity contribution >= 4 is 0 Å². The second-order valence-corrected chi connectivity index (χ2v) is 4.41. The van der Waals surface area contributed by atoms with Crippen molar-refractivity contribution in [2.24, 2.45) is 7.05 Å². The topological polar surface area (TPSA) is 72.2 Å². The van der Waals surface area contributed by atoms with Crippen molar-refractivity contribution in [2.45, 2.75) is 12.6 Å². The summed E-state index contributed by atoms with van der Waals surface area (Å²) in [5.74, 6) is 0.999. The molecule has 0 amide bonds. The van der Waals surface area contributed by atoms with Crippen LogP contribution in [0.15, 0.2) is 30.6 Å². The zero-order valence-electron chi connectivity index (χ0n) is 11.2. The van der Waals surface area contributed by atoms with Gasteiger partial charge in [0, 0.05) is 13.6 Å². The van der Waals surface area contributed by atoms with Gasteiger partial charge in [-0.2, -0.15) is 0 Å². The van der Waals surface area contributed by atoms with Gasteiger partial charge in [0.05, 0.1) is 6.54 Å². The first-order valence-electron chi connectivity index (χ1n) is 6.25. The molecule has 0 aliphatic rings. The summed E-state index contributed by atoms with van der Waals surface area (Å²) in [6, 6.07) is 5.67. The Balaban J connectivity index is 1.66. The third-order valence-corrected chi connectivity index (χ3v) is 2.72. The Labute approximate surface area is 116 Å². The zero-order chi connectivity index (χ0) is 14.4. The highest BCUT2D eigenvalue weighted by Crippen LogP contribution is 2.11. The molecule has 0 fully saturated rings. The highest BCUT2D eigenvalue weighted by molar-refractivity contribution is 5.22. The summed E-state index contributed by atoms with van der Waals surface area (Å²) < 4.78 is 19.8. The van der Waals surface area contributed by atoms with E-state index in [2.05, 4.69) is 15.5 Å². The van der Waals surface area contributed by atoms with Crippen LogP contribution in [0.4, 0.5) is 4.39 Å². The average molecular weight is 280 g/mol. The number of halogens is 1. The van der Waals surface area contributed by atoms with E-state index in [1.54, 1.807) is 10.9 Å². The number of aromatic nitrogens is 3. The van der Waals surface area contributed by atoms with Crippen LogP contribution in [0.2, 0.25) is 0 Å². The van der Waals surface area contributed by atoms with E-state index in [4.69, 9.17) is 4.74 Å². The number of aliphatic hydroxyl groups is 1. The smallest absolute Gasteiger partial charge is 0.146 e. The first-order chi connectivity index (χ1) is 9.65. The number of hydrogen-bond donors (Lipinski definition) is 2. The van der Waals surface area contributed by atoms with E-state index in [1.807, 2.05) is 7.05 Å². The molecular formula is C13H17FN4O2. The molecule has 0 spiro atoms. The predicted molar refractivity (Wildman–Crippen MR) is 70.6 cm³/mol. The molecule has 0 radical (unpaired) electrons.